The molecule has 0 radical (unpaired) electrons. The van der Waals surface area contributed by atoms with Gasteiger partial charge in [0.1, 0.15) is 0 Å². The van der Waals surface area contributed by atoms with Gasteiger partial charge in [-0.2, -0.15) is 11.1 Å². The van der Waals surface area contributed by atoms with Gasteiger partial charge in [0.05, 0.1) is 0 Å². The van der Waals surface area contributed by atoms with Crippen LogP contribution in [0.25, 0.3) is 0 Å². The van der Waals surface area contributed by atoms with Crippen molar-refractivity contribution in [1.82, 2.24) is 21.9 Å². The number of hydrogen-bond acceptors (Lipinski definition) is 4. The average molecular weight is 270 g/mol. The van der Waals surface area contributed by atoms with Crippen LogP contribution in [0.3, 0.4) is 0 Å². The van der Waals surface area contributed by atoms with Gasteiger partial charge >= 0.3 is 0 Å². The Morgan fingerprint density at radius 2 is 0.579 bits per heavy atom. The van der Waals surface area contributed by atoms with Gasteiger partial charge < -0.3 is 0 Å². The first-order valence-corrected chi connectivity index (χ1v) is 8.46. The lowest BCUT2D eigenvalue weighted by Crippen LogP contribution is -2.51. The van der Waals surface area contributed by atoms with Crippen LogP contribution in [-0.2, 0) is 0 Å². The Kier molecular flexibility index (Phi) is 12.7. The van der Waals surface area contributed by atoms with Crippen molar-refractivity contribution in [2.75, 3.05) is 13.1 Å². The molecule has 4 N–H and O–H groups in total. The Morgan fingerprint density at radius 1 is 0.316 bits per heavy atom. The molecule has 0 bridgehead atoms. The minimum absolute atomic E-state index is 1.04. The smallest absolute Gasteiger partial charge is 0.0113 e. The molecule has 4 heteroatoms. The van der Waals surface area contributed by atoms with Crippen molar-refractivity contribution >= 4 is 0 Å². The van der Waals surface area contributed by atoms with E-state index in [0.29, 0.717) is 0 Å². The van der Waals surface area contributed by atoms with E-state index in [1.54, 1.807) is 0 Å². The van der Waals surface area contributed by atoms with Crippen LogP contribution in [0.2, 0.25) is 0 Å². The molecule has 4 nitrogen and oxygen atoms in total. The monoisotopic (exact) mass is 270 g/mol. The molecule has 0 aromatic heterocycles. The van der Waals surface area contributed by atoms with Crippen LogP contribution in [0, 0.1) is 0 Å². The standard InChI is InChI=1S/C15H34N4/c1-2-4-6-8-10-12-14-16-18-19-17-15-13-11-9-7-5-3-1/h16-19H,1-15H2. The van der Waals surface area contributed by atoms with E-state index in [4.69, 9.17) is 0 Å². The Balaban J connectivity index is 2.01. The zero-order valence-electron chi connectivity index (χ0n) is 12.6. The van der Waals surface area contributed by atoms with Gasteiger partial charge in [-0.15, -0.1) is 0 Å². The van der Waals surface area contributed by atoms with Crippen molar-refractivity contribution in [1.29, 1.82) is 0 Å². The summed E-state index contributed by atoms with van der Waals surface area (Å²) in [5, 5.41) is 0. The molecule has 0 unspecified atom stereocenters. The minimum atomic E-state index is 1.04. The molecule has 0 aromatic carbocycles. The molecule has 19 heavy (non-hydrogen) atoms. The minimum Gasteiger partial charge on any atom is -0.243 e. The van der Waals surface area contributed by atoms with E-state index in [2.05, 4.69) is 21.9 Å². The maximum Gasteiger partial charge on any atom is 0.0113 e. The molecule has 114 valence electrons. The van der Waals surface area contributed by atoms with E-state index in [1.165, 1.54) is 83.5 Å². The van der Waals surface area contributed by atoms with Gasteiger partial charge in [0, 0.05) is 13.1 Å². The first kappa shape index (κ1) is 16.9. The van der Waals surface area contributed by atoms with Gasteiger partial charge in [-0.1, -0.05) is 70.6 Å². The maximum atomic E-state index is 3.18. The van der Waals surface area contributed by atoms with Crippen LogP contribution >= 0.6 is 0 Å². The third-order valence-electron chi connectivity index (χ3n) is 3.84. The van der Waals surface area contributed by atoms with Crippen LogP contribution in [0.5, 0.6) is 0 Å². The normalized spacial score (nSPS) is 24.0. The fourth-order valence-corrected chi connectivity index (χ4v) is 2.58. The van der Waals surface area contributed by atoms with Crippen LogP contribution in [0.15, 0.2) is 0 Å². The molecule has 1 rings (SSSR count). The third kappa shape index (κ3) is 12.6. The summed E-state index contributed by atoms with van der Waals surface area (Å²) < 4.78 is 0. The van der Waals surface area contributed by atoms with Crippen molar-refractivity contribution in [3.63, 3.8) is 0 Å². The summed E-state index contributed by atoms with van der Waals surface area (Å²) in [5.41, 5.74) is 12.3. The highest BCUT2D eigenvalue weighted by Gasteiger charge is 1.95. The first-order valence-electron chi connectivity index (χ1n) is 8.46. The Bertz CT molecular complexity index is 94.8. The predicted octanol–water partition coefficient (Wildman–Crippen LogP) is 3.17. The summed E-state index contributed by atoms with van der Waals surface area (Å²) in [6.45, 7) is 2.07. The highest BCUT2D eigenvalue weighted by molar-refractivity contribution is 4.51. The van der Waals surface area contributed by atoms with Gasteiger partial charge in [0.25, 0.3) is 0 Å². The maximum absolute atomic E-state index is 3.18. The van der Waals surface area contributed by atoms with Crippen molar-refractivity contribution in [2.45, 2.75) is 83.5 Å². The Labute approximate surface area is 119 Å². The number of rotatable bonds is 0. The summed E-state index contributed by atoms with van der Waals surface area (Å²) >= 11 is 0. The molecule has 0 aromatic rings. The van der Waals surface area contributed by atoms with E-state index in [1.807, 2.05) is 0 Å². The fourth-order valence-electron chi connectivity index (χ4n) is 2.58. The summed E-state index contributed by atoms with van der Waals surface area (Å²) in [5.74, 6) is 0. The second kappa shape index (κ2) is 14.3. The molecule has 0 amide bonds. The number of nitrogens with one attached hydrogen (secondary N) is 4. The zero-order chi connectivity index (χ0) is 13.4. The first-order chi connectivity index (χ1) is 9.50. The van der Waals surface area contributed by atoms with Crippen LogP contribution in [0.1, 0.15) is 83.5 Å². The molecule has 0 spiro atoms. The van der Waals surface area contributed by atoms with E-state index in [9.17, 15) is 0 Å². The van der Waals surface area contributed by atoms with Gasteiger partial charge in [-0.25, -0.2) is 10.9 Å². The molecular weight excluding hydrogens is 236 g/mol. The van der Waals surface area contributed by atoms with Crippen molar-refractivity contribution in [3.8, 4) is 0 Å². The lowest BCUT2D eigenvalue weighted by atomic mass is 10.0. The number of hydrazine groups is 3. The van der Waals surface area contributed by atoms with Crippen LogP contribution in [0.4, 0.5) is 0 Å². The molecule has 0 aliphatic carbocycles. The van der Waals surface area contributed by atoms with Gasteiger partial charge in [-0.05, 0) is 12.8 Å². The van der Waals surface area contributed by atoms with Crippen molar-refractivity contribution in [3.05, 3.63) is 0 Å². The summed E-state index contributed by atoms with van der Waals surface area (Å²) in [4.78, 5) is 0. The highest BCUT2D eigenvalue weighted by atomic mass is 15.7. The second-order valence-corrected chi connectivity index (χ2v) is 5.70. The molecule has 1 aliphatic rings. The lowest BCUT2D eigenvalue weighted by Gasteiger charge is -2.09. The van der Waals surface area contributed by atoms with Gasteiger partial charge in [0.2, 0.25) is 0 Å². The average Bonchev–Trinajstić information content (AvgIpc) is 2.43. The zero-order valence-corrected chi connectivity index (χ0v) is 12.6. The second-order valence-electron chi connectivity index (χ2n) is 5.70. The summed E-state index contributed by atoms with van der Waals surface area (Å²) in [6, 6.07) is 0. The largest absolute Gasteiger partial charge is 0.243 e. The van der Waals surface area contributed by atoms with Crippen molar-refractivity contribution in [2.24, 2.45) is 0 Å². The molecule has 0 saturated carbocycles. The van der Waals surface area contributed by atoms with Gasteiger partial charge in [0.15, 0.2) is 0 Å². The summed E-state index contributed by atoms with van der Waals surface area (Å²) in [6.07, 6.45) is 18.1. The molecule has 1 fully saturated rings. The van der Waals surface area contributed by atoms with Crippen molar-refractivity contribution < 1.29 is 0 Å². The molecular formula is C15H34N4. The Hall–Kier alpha value is -0.160. The molecule has 1 heterocycles. The molecule has 1 aliphatic heterocycles. The third-order valence-corrected chi connectivity index (χ3v) is 3.84. The Morgan fingerprint density at radius 3 is 0.895 bits per heavy atom. The molecule has 1 saturated heterocycles. The predicted molar refractivity (Wildman–Crippen MR) is 82.3 cm³/mol. The van der Waals surface area contributed by atoms with Crippen LogP contribution in [-0.4, -0.2) is 13.1 Å². The molecule has 0 atom stereocenters. The fraction of sp³-hybridized carbons (Fsp3) is 1.00. The lowest BCUT2D eigenvalue weighted by molar-refractivity contribution is 0.360. The summed E-state index contributed by atoms with van der Waals surface area (Å²) in [7, 11) is 0. The van der Waals surface area contributed by atoms with Crippen LogP contribution < -0.4 is 21.9 Å². The van der Waals surface area contributed by atoms with E-state index < -0.39 is 0 Å². The highest BCUT2D eigenvalue weighted by Crippen LogP contribution is 2.12. The van der Waals surface area contributed by atoms with Gasteiger partial charge in [-0.3, -0.25) is 0 Å². The van der Waals surface area contributed by atoms with E-state index in [-0.39, 0.29) is 0 Å². The SMILES string of the molecule is C1CCCCCCCNNNNCCCCCCC1. The number of hydrogen-bond donors (Lipinski definition) is 4. The topological polar surface area (TPSA) is 48.1 Å². The van der Waals surface area contributed by atoms with E-state index >= 15 is 0 Å². The quantitative estimate of drug-likeness (QED) is 0.546. The van der Waals surface area contributed by atoms with E-state index in [0.717, 1.165) is 13.1 Å².